The number of carbonyl (C=O) groups excluding carboxylic acids is 2. The van der Waals surface area contributed by atoms with Crippen LogP contribution in [0.25, 0.3) is 0 Å². The fourth-order valence-corrected chi connectivity index (χ4v) is 2.51. The average molecular weight is 226 g/mol. The predicted octanol–water partition coefficient (Wildman–Crippen LogP) is 2.73. The summed E-state index contributed by atoms with van der Waals surface area (Å²) in [7, 11) is 1.38. The molecule has 0 aromatic heterocycles. The van der Waals surface area contributed by atoms with Gasteiger partial charge in [-0.3, -0.25) is 9.59 Å². The molecule has 3 nitrogen and oxygen atoms in total. The second kappa shape index (κ2) is 5.46. The molecule has 0 unspecified atom stereocenters. The molecule has 92 valence electrons. The van der Waals surface area contributed by atoms with Gasteiger partial charge in [0.2, 0.25) is 0 Å². The van der Waals surface area contributed by atoms with Gasteiger partial charge in [0.1, 0.15) is 11.2 Å². The van der Waals surface area contributed by atoms with Crippen LogP contribution >= 0.6 is 0 Å². The van der Waals surface area contributed by atoms with Crippen molar-refractivity contribution in [2.75, 3.05) is 7.11 Å². The monoisotopic (exact) mass is 226 g/mol. The molecule has 3 heteroatoms. The van der Waals surface area contributed by atoms with Gasteiger partial charge in [-0.2, -0.15) is 0 Å². The van der Waals surface area contributed by atoms with Gasteiger partial charge in [0.05, 0.1) is 7.11 Å². The summed E-state index contributed by atoms with van der Waals surface area (Å²) in [5, 5.41) is 0. The molecular weight excluding hydrogens is 204 g/mol. The van der Waals surface area contributed by atoms with Crippen LogP contribution in [-0.2, 0) is 14.3 Å². The van der Waals surface area contributed by atoms with E-state index in [1.54, 1.807) is 0 Å². The number of hydrogen-bond donors (Lipinski definition) is 0. The Balaban J connectivity index is 2.85. The van der Waals surface area contributed by atoms with Crippen LogP contribution in [0.1, 0.15) is 52.4 Å². The van der Waals surface area contributed by atoms with E-state index in [1.807, 2.05) is 6.92 Å². The van der Waals surface area contributed by atoms with Gasteiger partial charge in [-0.1, -0.05) is 13.8 Å². The lowest BCUT2D eigenvalue weighted by Crippen LogP contribution is -2.43. The molecule has 0 heterocycles. The minimum atomic E-state index is -0.822. The molecule has 0 radical (unpaired) electrons. The third-order valence-electron chi connectivity index (χ3n) is 3.71. The van der Waals surface area contributed by atoms with Gasteiger partial charge < -0.3 is 4.74 Å². The van der Waals surface area contributed by atoms with E-state index in [4.69, 9.17) is 4.74 Å². The van der Waals surface area contributed by atoms with Crippen LogP contribution in [-0.4, -0.2) is 18.9 Å². The van der Waals surface area contributed by atoms with Crippen LogP contribution < -0.4 is 0 Å². The lowest BCUT2D eigenvalue weighted by molar-refractivity contribution is -0.161. The van der Waals surface area contributed by atoms with Crippen molar-refractivity contribution >= 4 is 11.8 Å². The predicted molar refractivity (Wildman–Crippen MR) is 62.0 cm³/mol. The number of ether oxygens (including phenoxy) is 1. The molecule has 1 saturated carbocycles. The number of esters is 1. The topological polar surface area (TPSA) is 43.4 Å². The van der Waals surface area contributed by atoms with Gasteiger partial charge in [0.25, 0.3) is 0 Å². The van der Waals surface area contributed by atoms with Gasteiger partial charge in [-0.05, 0) is 38.0 Å². The highest BCUT2D eigenvalue weighted by Gasteiger charge is 2.47. The highest BCUT2D eigenvalue weighted by Crippen LogP contribution is 2.41. The van der Waals surface area contributed by atoms with E-state index in [0.717, 1.165) is 19.3 Å². The lowest BCUT2D eigenvalue weighted by Gasteiger charge is -2.35. The summed E-state index contributed by atoms with van der Waals surface area (Å²) < 4.78 is 4.84. The highest BCUT2D eigenvalue weighted by atomic mass is 16.5. The first-order valence-corrected chi connectivity index (χ1v) is 6.18. The van der Waals surface area contributed by atoms with Gasteiger partial charge in [-0.15, -0.1) is 0 Å². The number of methoxy groups -OCH3 is 1. The summed E-state index contributed by atoms with van der Waals surface area (Å²) in [4.78, 5) is 24.0. The van der Waals surface area contributed by atoms with E-state index in [-0.39, 0.29) is 11.8 Å². The molecule has 0 amide bonds. The van der Waals surface area contributed by atoms with E-state index in [1.165, 1.54) is 7.11 Å². The van der Waals surface area contributed by atoms with Gasteiger partial charge >= 0.3 is 5.97 Å². The van der Waals surface area contributed by atoms with Gasteiger partial charge in [-0.25, -0.2) is 0 Å². The Morgan fingerprint density at radius 1 is 1.31 bits per heavy atom. The molecule has 0 N–H and O–H groups in total. The molecule has 0 aromatic carbocycles. The summed E-state index contributed by atoms with van der Waals surface area (Å²) in [6.45, 7) is 4.14. The van der Waals surface area contributed by atoms with Crippen molar-refractivity contribution in [3.05, 3.63) is 0 Å². The van der Waals surface area contributed by atoms with Crippen LogP contribution in [0.5, 0.6) is 0 Å². The third-order valence-corrected chi connectivity index (χ3v) is 3.71. The first-order chi connectivity index (χ1) is 7.56. The average Bonchev–Trinajstić information content (AvgIpc) is 2.29. The summed E-state index contributed by atoms with van der Waals surface area (Å²) in [5.41, 5.74) is -0.822. The number of carbonyl (C=O) groups is 2. The molecule has 0 aliphatic heterocycles. The summed E-state index contributed by atoms with van der Waals surface area (Å²) in [5.74, 6) is 0.374. The van der Waals surface area contributed by atoms with Crippen LogP contribution in [0.15, 0.2) is 0 Å². The van der Waals surface area contributed by atoms with Crippen LogP contribution in [0.3, 0.4) is 0 Å². The maximum Gasteiger partial charge on any atom is 0.319 e. The second-order valence-electron chi connectivity index (χ2n) is 4.93. The maximum absolute atomic E-state index is 12.1. The van der Waals surface area contributed by atoms with E-state index in [9.17, 15) is 9.59 Å². The molecular formula is C13H22O3. The Morgan fingerprint density at radius 2 is 1.88 bits per heavy atom. The van der Waals surface area contributed by atoms with Crippen molar-refractivity contribution in [1.82, 2.24) is 0 Å². The molecule has 0 spiro atoms. The minimum absolute atomic E-state index is 0.0775. The Morgan fingerprint density at radius 3 is 2.31 bits per heavy atom. The van der Waals surface area contributed by atoms with Crippen molar-refractivity contribution < 1.29 is 14.3 Å². The van der Waals surface area contributed by atoms with Crippen LogP contribution in [0.2, 0.25) is 0 Å². The summed E-state index contributed by atoms with van der Waals surface area (Å²) in [6.07, 6.45) is 4.52. The molecule has 1 aliphatic rings. The summed E-state index contributed by atoms with van der Waals surface area (Å²) >= 11 is 0. The first-order valence-electron chi connectivity index (χ1n) is 6.18. The van der Waals surface area contributed by atoms with Crippen molar-refractivity contribution in [1.29, 1.82) is 0 Å². The van der Waals surface area contributed by atoms with Gasteiger partial charge in [0, 0.05) is 6.42 Å². The standard InChI is InChI=1S/C13H22O3/c1-4-5-11(14)13(12(15)16-3)8-6-10(2)7-9-13/h10H,4-9H2,1-3H3. The van der Waals surface area contributed by atoms with Crippen molar-refractivity contribution in [2.24, 2.45) is 11.3 Å². The smallest absolute Gasteiger partial charge is 0.319 e. The highest BCUT2D eigenvalue weighted by molar-refractivity contribution is 6.03. The third kappa shape index (κ3) is 2.45. The summed E-state index contributed by atoms with van der Waals surface area (Å²) in [6, 6.07) is 0. The van der Waals surface area contributed by atoms with Gasteiger partial charge in [0.15, 0.2) is 0 Å². The van der Waals surface area contributed by atoms with E-state index >= 15 is 0 Å². The minimum Gasteiger partial charge on any atom is -0.468 e. The van der Waals surface area contributed by atoms with E-state index in [2.05, 4.69) is 6.92 Å². The fourth-order valence-electron chi connectivity index (χ4n) is 2.51. The quantitative estimate of drug-likeness (QED) is 0.547. The zero-order valence-corrected chi connectivity index (χ0v) is 10.5. The zero-order chi connectivity index (χ0) is 12.2. The molecule has 16 heavy (non-hydrogen) atoms. The van der Waals surface area contributed by atoms with E-state index < -0.39 is 5.41 Å². The van der Waals surface area contributed by atoms with Crippen LogP contribution in [0, 0.1) is 11.3 Å². The molecule has 0 aromatic rings. The lowest BCUT2D eigenvalue weighted by atomic mass is 9.67. The zero-order valence-electron chi connectivity index (χ0n) is 10.5. The molecule has 0 bridgehead atoms. The Labute approximate surface area is 97.5 Å². The van der Waals surface area contributed by atoms with Crippen molar-refractivity contribution in [3.63, 3.8) is 0 Å². The molecule has 0 atom stereocenters. The van der Waals surface area contributed by atoms with Crippen LogP contribution in [0.4, 0.5) is 0 Å². The fraction of sp³-hybridized carbons (Fsp3) is 0.846. The molecule has 0 saturated heterocycles. The van der Waals surface area contributed by atoms with E-state index in [0.29, 0.717) is 25.2 Å². The molecule has 1 fully saturated rings. The first kappa shape index (κ1) is 13.2. The number of hydrogen-bond acceptors (Lipinski definition) is 3. The SMILES string of the molecule is CCCC(=O)C1(C(=O)OC)CCC(C)CC1. The number of ketones is 1. The second-order valence-corrected chi connectivity index (χ2v) is 4.93. The maximum atomic E-state index is 12.1. The number of rotatable bonds is 4. The molecule has 1 aliphatic carbocycles. The molecule has 1 rings (SSSR count). The Kier molecular flexibility index (Phi) is 4.51. The number of Topliss-reactive ketones (excluding diaryl/α,β-unsaturated/α-hetero) is 1. The largest absolute Gasteiger partial charge is 0.468 e. The van der Waals surface area contributed by atoms with Crippen molar-refractivity contribution in [3.8, 4) is 0 Å². The Hall–Kier alpha value is -0.860. The van der Waals surface area contributed by atoms with Crippen molar-refractivity contribution in [2.45, 2.75) is 52.4 Å². The normalized spacial score (nSPS) is 29.8. The Bertz CT molecular complexity index is 262.